The predicted molar refractivity (Wildman–Crippen MR) is 92.9 cm³/mol. The summed E-state index contributed by atoms with van der Waals surface area (Å²) >= 11 is 6.37. The van der Waals surface area contributed by atoms with Crippen molar-refractivity contribution in [2.45, 2.75) is 30.6 Å². The molecular formula is C15H20ClF4N7. The Kier molecular flexibility index (Phi) is 5.12. The molecule has 3 heterocycles. The molecule has 12 heteroatoms. The number of rotatable bonds is 3. The Labute approximate surface area is 158 Å². The van der Waals surface area contributed by atoms with Gasteiger partial charge in [-0.25, -0.2) is 14.1 Å². The average Bonchev–Trinajstić information content (AvgIpc) is 2.96. The first-order valence-corrected chi connectivity index (χ1v) is 8.62. The zero-order valence-corrected chi connectivity index (χ0v) is 15.4. The Morgan fingerprint density at radius 3 is 2.74 bits per heavy atom. The number of hydrogen-bond acceptors (Lipinski definition) is 6. The Balaban J connectivity index is 1.91. The van der Waals surface area contributed by atoms with Gasteiger partial charge in [0.2, 0.25) is 5.79 Å². The van der Waals surface area contributed by atoms with Crippen molar-refractivity contribution in [2.75, 3.05) is 27.2 Å². The Morgan fingerprint density at radius 2 is 2.15 bits per heavy atom. The maximum Gasteiger partial charge on any atom is 0.421 e. The third kappa shape index (κ3) is 3.63. The van der Waals surface area contributed by atoms with E-state index >= 15 is 0 Å². The summed E-state index contributed by atoms with van der Waals surface area (Å²) < 4.78 is 55.0. The molecule has 27 heavy (non-hydrogen) atoms. The number of hydrogen-bond donors (Lipinski definition) is 3. The zero-order chi connectivity index (χ0) is 20.0. The molecule has 3 rings (SSSR count). The molecule has 0 radical (unpaired) electrons. The summed E-state index contributed by atoms with van der Waals surface area (Å²) in [6.45, 7) is 0.907. The summed E-state index contributed by atoms with van der Waals surface area (Å²) in [4.78, 5) is 5.67. The number of nitrogens with two attached hydrogens (primary N) is 1. The van der Waals surface area contributed by atoms with Crippen LogP contribution >= 0.6 is 11.6 Å². The van der Waals surface area contributed by atoms with Gasteiger partial charge in [-0.1, -0.05) is 11.6 Å². The largest absolute Gasteiger partial charge is 0.421 e. The van der Waals surface area contributed by atoms with Crippen molar-refractivity contribution >= 4 is 17.8 Å². The SMILES string of the molecule is CNC1=C(C(F)(F)F)C=NC(N)(c2cnn([C@@H]3CCN(C)C[C@H]3F)c2Cl)N1. The van der Waals surface area contributed by atoms with E-state index in [1.807, 2.05) is 11.9 Å². The number of alkyl halides is 4. The molecule has 1 aromatic heterocycles. The Hall–Kier alpha value is -1.85. The van der Waals surface area contributed by atoms with E-state index in [-0.39, 0.29) is 23.1 Å². The van der Waals surface area contributed by atoms with Crippen LogP contribution in [0, 0.1) is 0 Å². The normalized spacial score (nSPS) is 29.8. The van der Waals surface area contributed by atoms with Crippen molar-refractivity contribution in [3.63, 3.8) is 0 Å². The van der Waals surface area contributed by atoms with Crippen molar-refractivity contribution in [2.24, 2.45) is 10.7 Å². The maximum atomic E-state index is 14.4. The number of nitrogens with one attached hydrogen (secondary N) is 2. The first-order chi connectivity index (χ1) is 12.6. The second-order valence-corrected chi connectivity index (χ2v) is 6.97. The number of halogens is 5. The van der Waals surface area contributed by atoms with Crippen LogP contribution in [0.1, 0.15) is 18.0 Å². The molecule has 0 aliphatic carbocycles. The first-order valence-electron chi connectivity index (χ1n) is 8.24. The molecule has 0 aromatic carbocycles. The number of piperidine rings is 1. The van der Waals surface area contributed by atoms with E-state index in [1.54, 1.807) is 0 Å². The van der Waals surface area contributed by atoms with E-state index in [4.69, 9.17) is 17.3 Å². The van der Waals surface area contributed by atoms with Crippen LogP contribution in [0.15, 0.2) is 22.6 Å². The van der Waals surface area contributed by atoms with Gasteiger partial charge in [-0.2, -0.15) is 18.3 Å². The highest BCUT2D eigenvalue weighted by atomic mass is 35.5. The topological polar surface area (TPSA) is 83.5 Å². The fourth-order valence-electron chi connectivity index (χ4n) is 3.22. The van der Waals surface area contributed by atoms with Gasteiger partial charge in [-0.15, -0.1) is 0 Å². The van der Waals surface area contributed by atoms with Crippen LogP contribution in [0.3, 0.4) is 0 Å². The van der Waals surface area contributed by atoms with E-state index < -0.39 is 29.7 Å². The fourth-order valence-corrected chi connectivity index (χ4v) is 3.59. The quantitative estimate of drug-likeness (QED) is 0.659. The van der Waals surface area contributed by atoms with Crippen LogP contribution in [0.2, 0.25) is 5.15 Å². The van der Waals surface area contributed by atoms with E-state index in [9.17, 15) is 17.6 Å². The minimum atomic E-state index is -4.61. The standard InChI is InChI=1S/C15H20ClF4N7/c1-22-13-9(14(18,19)20)5-23-15(21,25-13)8-6-24-27(12(8)16)11-3-4-26(2)7-10(11)17/h5-6,10-11,22,25H,3-4,7,21H2,1-2H3/t10-,11-,15?/m1/s1. The van der Waals surface area contributed by atoms with Gasteiger partial charge in [0.15, 0.2) is 0 Å². The predicted octanol–water partition coefficient (Wildman–Crippen LogP) is 1.49. The summed E-state index contributed by atoms with van der Waals surface area (Å²) in [6.07, 6.45) is -3.37. The second-order valence-electron chi connectivity index (χ2n) is 6.61. The summed E-state index contributed by atoms with van der Waals surface area (Å²) in [5.74, 6) is -2.11. The zero-order valence-electron chi connectivity index (χ0n) is 14.7. The lowest BCUT2D eigenvalue weighted by Crippen LogP contribution is -2.53. The average molecular weight is 410 g/mol. The molecule has 0 amide bonds. The third-order valence-corrected chi connectivity index (χ3v) is 5.08. The Bertz CT molecular complexity index is 775. The minimum Gasteiger partial charge on any atom is -0.374 e. The number of nitrogens with zero attached hydrogens (tertiary/aromatic N) is 4. The summed E-state index contributed by atoms with van der Waals surface area (Å²) in [6, 6.07) is -0.580. The van der Waals surface area contributed by atoms with Gasteiger partial charge in [0.1, 0.15) is 22.7 Å². The molecule has 1 aromatic rings. The maximum absolute atomic E-state index is 14.4. The Morgan fingerprint density at radius 1 is 1.44 bits per heavy atom. The number of likely N-dealkylation sites (tertiary alicyclic amines) is 1. The molecule has 1 saturated heterocycles. The van der Waals surface area contributed by atoms with Crippen molar-refractivity contribution in [3.05, 3.63) is 28.3 Å². The van der Waals surface area contributed by atoms with Crippen molar-refractivity contribution in [3.8, 4) is 0 Å². The van der Waals surface area contributed by atoms with Gasteiger partial charge in [0, 0.05) is 26.4 Å². The molecule has 2 aliphatic rings. The van der Waals surface area contributed by atoms with Crippen LogP contribution in [0.25, 0.3) is 0 Å². The highest BCUT2D eigenvalue weighted by Crippen LogP contribution is 2.35. The lowest BCUT2D eigenvalue weighted by molar-refractivity contribution is -0.0875. The third-order valence-electron chi connectivity index (χ3n) is 4.71. The van der Waals surface area contributed by atoms with Crippen LogP contribution in [0.4, 0.5) is 17.6 Å². The van der Waals surface area contributed by atoms with Crippen LogP contribution in [-0.4, -0.2) is 60.4 Å². The molecule has 7 nitrogen and oxygen atoms in total. The van der Waals surface area contributed by atoms with Gasteiger partial charge in [-0.05, 0) is 13.5 Å². The molecule has 3 atom stereocenters. The molecular weight excluding hydrogens is 390 g/mol. The smallest absolute Gasteiger partial charge is 0.374 e. The molecule has 0 bridgehead atoms. The van der Waals surface area contributed by atoms with Crippen molar-refractivity contribution < 1.29 is 17.6 Å². The number of allylic oxidation sites excluding steroid dienone is 1. The van der Waals surface area contributed by atoms with Gasteiger partial charge in [-0.3, -0.25) is 5.73 Å². The highest BCUT2D eigenvalue weighted by Gasteiger charge is 2.43. The van der Waals surface area contributed by atoms with E-state index in [0.29, 0.717) is 19.2 Å². The molecule has 2 aliphatic heterocycles. The summed E-state index contributed by atoms with van der Waals surface area (Å²) in [7, 11) is 3.14. The van der Waals surface area contributed by atoms with Crippen LogP contribution < -0.4 is 16.4 Å². The molecule has 4 N–H and O–H groups in total. The summed E-state index contributed by atoms with van der Waals surface area (Å²) in [5.41, 5.74) is 5.32. The van der Waals surface area contributed by atoms with Crippen molar-refractivity contribution in [1.29, 1.82) is 0 Å². The highest BCUT2D eigenvalue weighted by molar-refractivity contribution is 6.30. The van der Waals surface area contributed by atoms with E-state index in [0.717, 1.165) is 0 Å². The van der Waals surface area contributed by atoms with E-state index in [1.165, 1.54) is 17.9 Å². The summed E-state index contributed by atoms with van der Waals surface area (Å²) in [5, 5.41) is 9.11. The lowest BCUT2D eigenvalue weighted by atomic mass is 10.0. The number of aliphatic imine (C=N–C) groups is 1. The number of aromatic nitrogens is 2. The van der Waals surface area contributed by atoms with Crippen LogP contribution in [-0.2, 0) is 5.79 Å². The van der Waals surface area contributed by atoms with Gasteiger partial charge < -0.3 is 15.5 Å². The monoisotopic (exact) mass is 409 g/mol. The van der Waals surface area contributed by atoms with Gasteiger partial charge >= 0.3 is 6.18 Å². The van der Waals surface area contributed by atoms with Crippen LogP contribution in [0.5, 0.6) is 0 Å². The van der Waals surface area contributed by atoms with Gasteiger partial charge in [0.25, 0.3) is 0 Å². The molecule has 0 saturated carbocycles. The van der Waals surface area contributed by atoms with E-state index in [2.05, 4.69) is 20.7 Å². The lowest BCUT2D eigenvalue weighted by Gasteiger charge is -2.34. The molecule has 1 unspecified atom stereocenters. The van der Waals surface area contributed by atoms with Crippen molar-refractivity contribution in [1.82, 2.24) is 25.3 Å². The second kappa shape index (κ2) is 6.95. The molecule has 0 spiro atoms. The molecule has 1 fully saturated rings. The molecule has 150 valence electrons. The first kappa shape index (κ1) is 19.9. The van der Waals surface area contributed by atoms with Gasteiger partial charge in [0.05, 0.1) is 17.8 Å². The minimum absolute atomic E-state index is 0.0327. The fraction of sp³-hybridized carbons (Fsp3) is 0.600.